The molecule has 2 heterocycles. The lowest BCUT2D eigenvalue weighted by molar-refractivity contribution is -0.130. The molecule has 0 aromatic heterocycles. The second-order valence-electron chi connectivity index (χ2n) is 6.07. The quantitative estimate of drug-likeness (QED) is 0.697. The van der Waals surface area contributed by atoms with E-state index in [2.05, 4.69) is 29.4 Å². The van der Waals surface area contributed by atoms with Gasteiger partial charge in [0.2, 0.25) is 5.88 Å². The molecule has 2 aliphatic heterocycles. The number of benzene rings is 1. The minimum Gasteiger partial charge on any atom is -0.474 e. The molecule has 136 valence electrons. The summed E-state index contributed by atoms with van der Waals surface area (Å²) in [6, 6.07) is 8.09. The summed E-state index contributed by atoms with van der Waals surface area (Å²) >= 11 is 1.78. The molecule has 3 rings (SSSR count). The van der Waals surface area contributed by atoms with Crippen LogP contribution < -0.4 is 5.43 Å². The highest BCUT2D eigenvalue weighted by molar-refractivity contribution is 7.99. The van der Waals surface area contributed by atoms with Crippen LogP contribution in [-0.2, 0) is 9.53 Å². The van der Waals surface area contributed by atoms with Crippen LogP contribution in [0.5, 0.6) is 0 Å². The van der Waals surface area contributed by atoms with E-state index in [1.54, 1.807) is 23.7 Å². The fraction of sp³-hybridized carbons (Fsp3) is 0.294. The first kappa shape index (κ1) is 18.0. The van der Waals surface area contributed by atoms with E-state index in [9.17, 15) is 4.79 Å². The maximum atomic E-state index is 10.9. The monoisotopic (exact) mass is 373 g/mol. The highest BCUT2D eigenvalue weighted by Gasteiger charge is 2.29. The summed E-state index contributed by atoms with van der Waals surface area (Å²) in [5, 5.41) is 21.2. The van der Waals surface area contributed by atoms with Crippen LogP contribution in [0.15, 0.2) is 50.8 Å². The summed E-state index contributed by atoms with van der Waals surface area (Å²) in [7, 11) is 1.77. The van der Waals surface area contributed by atoms with Crippen LogP contribution in [0.3, 0.4) is 0 Å². The van der Waals surface area contributed by atoms with E-state index in [4.69, 9.17) is 15.3 Å². The first-order valence-electron chi connectivity index (χ1n) is 7.99. The molecule has 0 saturated carbocycles. The number of amidine groups is 1. The molecule has 0 aliphatic carbocycles. The van der Waals surface area contributed by atoms with Gasteiger partial charge in [-0.1, -0.05) is 26.0 Å². The molecule has 0 bridgehead atoms. The SMILES string of the molecule is CC(C)Sc1ccc(C2=NC(=C3NN=C(C(=O)O)O3)C(=N)N(C)C2)cc1. The van der Waals surface area contributed by atoms with Gasteiger partial charge in [0.1, 0.15) is 0 Å². The smallest absolute Gasteiger partial charge is 0.393 e. The number of likely N-dealkylation sites (N-methyl/N-ethyl adjacent to an activating group) is 1. The highest BCUT2D eigenvalue weighted by atomic mass is 32.2. The lowest BCUT2D eigenvalue weighted by Crippen LogP contribution is -2.38. The zero-order valence-corrected chi connectivity index (χ0v) is 15.4. The molecule has 0 amide bonds. The van der Waals surface area contributed by atoms with Gasteiger partial charge in [0.25, 0.3) is 0 Å². The normalized spacial score (nSPS) is 19.8. The van der Waals surface area contributed by atoms with Crippen LogP contribution in [0.1, 0.15) is 19.4 Å². The summed E-state index contributed by atoms with van der Waals surface area (Å²) < 4.78 is 5.17. The third-order valence-electron chi connectivity index (χ3n) is 3.65. The second-order valence-corrected chi connectivity index (χ2v) is 7.72. The van der Waals surface area contributed by atoms with Crippen molar-refractivity contribution in [2.45, 2.75) is 24.0 Å². The highest BCUT2D eigenvalue weighted by Crippen LogP contribution is 2.25. The molecule has 0 radical (unpaired) electrons. The minimum atomic E-state index is -1.29. The third-order valence-corrected chi connectivity index (χ3v) is 4.67. The molecule has 0 unspecified atom stereocenters. The van der Waals surface area contributed by atoms with E-state index >= 15 is 0 Å². The van der Waals surface area contributed by atoms with Crippen molar-refractivity contribution in [1.82, 2.24) is 10.3 Å². The Hall–Kier alpha value is -2.81. The Morgan fingerprint density at radius 1 is 1.38 bits per heavy atom. The summed E-state index contributed by atoms with van der Waals surface area (Å²) in [6.45, 7) is 4.76. The predicted octanol–water partition coefficient (Wildman–Crippen LogP) is 2.09. The molecule has 0 fully saturated rings. The number of aliphatic carboxylic acids is 1. The van der Waals surface area contributed by atoms with E-state index in [1.807, 2.05) is 24.3 Å². The van der Waals surface area contributed by atoms with Crippen molar-refractivity contribution < 1.29 is 14.6 Å². The average molecular weight is 373 g/mol. The number of hydrogen-bond donors (Lipinski definition) is 3. The number of aliphatic imine (C=N–C) groups is 1. The van der Waals surface area contributed by atoms with Crippen LogP contribution in [0.2, 0.25) is 0 Å². The van der Waals surface area contributed by atoms with Gasteiger partial charge in [0.15, 0.2) is 11.5 Å². The molecule has 8 nitrogen and oxygen atoms in total. The minimum absolute atomic E-state index is 0.0448. The number of nitrogens with one attached hydrogen (secondary N) is 2. The van der Waals surface area contributed by atoms with Crippen LogP contribution in [-0.4, -0.2) is 52.3 Å². The Morgan fingerprint density at radius 3 is 2.65 bits per heavy atom. The van der Waals surface area contributed by atoms with Gasteiger partial charge < -0.3 is 14.7 Å². The van der Waals surface area contributed by atoms with Crippen molar-refractivity contribution in [1.29, 1.82) is 5.41 Å². The predicted molar refractivity (Wildman–Crippen MR) is 101 cm³/mol. The lowest BCUT2D eigenvalue weighted by Gasteiger charge is -2.26. The largest absolute Gasteiger partial charge is 0.474 e. The molecular formula is C17H19N5O3S. The fourth-order valence-electron chi connectivity index (χ4n) is 2.46. The fourth-order valence-corrected chi connectivity index (χ4v) is 3.29. The number of ether oxygens (including phenoxy) is 1. The van der Waals surface area contributed by atoms with Gasteiger partial charge in [-0.15, -0.1) is 16.9 Å². The Bertz CT molecular complexity index is 842. The summed E-state index contributed by atoms with van der Waals surface area (Å²) in [5.74, 6) is -1.58. The first-order chi connectivity index (χ1) is 12.3. The van der Waals surface area contributed by atoms with E-state index in [-0.39, 0.29) is 17.4 Å². The zero-order valence-electron chi connectivity index (χ0n) is 14.6. The van der Waals surface area contributed by atoms with E-state index in [1.165, 1.54) is 4.90 Å². The zero-order chi connectivity index (χ0) is 18.8. The molecular weight excluding hydrogens is 354 g/mol. The van der Waals surface area contributed by atoms with Crippen molar-refractivity contribution >= 4 is 35.2 Å². The number of carboxylic acids is 1. The van der Waals surface area contributed by atoms with Crippen LogP contribution in [0, 0.1) is 5.41 Å². The number of hydrogen-bond acceptors (Lipinski definition) is 7. The van der Waals surface area contributed by atoms with Crippen LogP contribution >= 0.6 is 11.8 Å². The van der Waals surface area contributed by atoms with Gasteiger partial charge in [0.05, 0.1) is 12.3 Å². The topological polar surface area (TPSA) is 110 Å². The number of hydrazone groups is 1. The standard InChI is InChI=1S/C17H19N5O3S/c1-9(2)26-11-6-4-10(5-7-11)12-8-22(3)14(18)13(19-12)15-20-21-16(25-15)17(23)24/h4-7,9,18,20H,8H2,1-3H3,(H,23,24). The number of carbonyl (C=O) groups is 1. The van der Waals surface area contributed by atoms with Gasteiger partial charge >= 0.3 is 11.9 Å². The number of thioether (sulfide) groups is 1. The number of rotatable bonds is 4. The maximum Gasteiger partial charge on any atom is 0.393 e. The Morgan fingerprint density at radius 2 is 2.08 bits per heavy atom. The van der Waals surface area contributed by atoms with Gasteiger partial charge in [0, 0.05) is 17.2 Å². The van der Waals surface area contributed by atoms with Crippen LogP contribution in [0.25, 0.3) is 0 Å². The van der Waals surface area contributed by atoms with Gasteiger partial charge in [-0.05, 0) is 17.7 Å². The Labute approximate surface area is 155 Å². The Balaban J connectivity index is 1.90. The lowest BCUT2D eigenvalue weighted by atomic mass is 10.1. The molecule has 0 spiro atoms. The molecule has 0 saturated heterocycles. The molecule has 2 aliphatic rings. The third kappa shape index (κ3) is 3.72. The van der Waals surface area contributed by atoms with Gasteiger partial charge in [-0.2, -0.15) is 0 Å². The average Bonchev–Trinajstić information content (AvgIpc) is 3.07. The van der Waals surface area contributed by atoms with Crippen molar-refractivity contribution in [3.05, 3.63) is 41.4 Å². The summed E-state index contributed by atoms with van der Waals surface area (Å²) in [5.41, 5.74) is 4.42. The van der Waals surface area contributed by atoms with E-state index in [0.717, 1.165) is 11.3 Å². The van der Waals surface area contributed by atoms with E-state index < -0.39 is 11.9 Å². The summed E-state index contributed by atoms with van der Waals surface area (Å²) in [6.07, 6.45) is 0. The molecule has 9 heteroatoms. The van der Waals surface area contributed by atoms with Crippen molar-refractivity contribution in [2.75, 3.05) is 13.6 Å². The number of nitrogens with zero attached hydrogens (tertiary/aromatic N) is 3. The van der Waals surface area contributed by atoms with Crippen molar-refractivity contribution in [3.8, 4) is 0 Å². The maximum absolute atomic E-state index is 10.9. The van der Waals surface area contributed by atoms with Gasteiger partial charge in [-0.25, -0.2) is 15.2 Å². The molecule has 0 atom stereocenters. The first-order valence-corrected chi connectivity index (χ1v) is 8.87. The van der Waals surface area contributed by atoms with Crippen molar-refractivity contribution in [2.24, 2.45) is 10.1 Å². The van der Waals surface area contributed by atoms with Crippen LogP contribution in [0.4, 0.5) is 0 Å². The Kier molecular flexibility index (Phi) is 4.99. The number of carboxylic acid groups (broad SMARTS) is 1. The molecule has 3 N–H and O–H groups in total. The molecule has 1 aromatic carbocycles. The van der Waals surface area contributed by atoms with E-state index in [0.29, 0.717) is 11.8 Å². The molecule has 26 heavy (non-hydrogen) atoms. The van der Waals surface area contributed by atoms with Crippen molar-refractivity contribution in [3.63, 3.8) is 0 Å². The van der Waals surface area contributed by atoms with Gasteiger partial charge in [-0.3, -0.25) is 5.41 Å². The summed E-state index contributed by atoms with van der Waals surface area (Å²) in [4.78, 5) is 18.4. The second kappa shape index (κ2) is 7.20. The molecule has 1 aromatic rings.